The van der Waals surface area contributed by atoms with Crippen molar-refractivity contribution in [1.82, 2.24) is 4.90 Å². The molecule has 1 N–H and O–H groups in total. The van der Waals surface area contributed by atoms with Gasteiger partial charge in [-0.25, -0.2) is 0 Å². The smallest absolute Gasteiger partial charge is 0.266 e. The first-order valence-corrected chi connectivity index (χ1v) is 7.79. The summed E-state index contributed by atoms with van der Waals surface area (Å²) in [5.41, 5.74) is 0.420. The number of thioether (sulfide) groups is 1. The molecule has 1 aliphatic heterocycles. The molecule has 0 aromatic heterocycles. The monoisotopic (exact) mass is 343 g/mol. The quantitative estimate of drug-likeness (QED) is 0.670. The number of phenolic OH excluding ortho intramolecular Hbond substituents is 1. The van der Waals surface area contributed by atoms with Crippen LogP contribution in [0.2, 0.25) is 5.02 Å². The maximum atomic E-state index is 12.3. The molecule has 1 aliphatic rings. The number of methoxy groups -OCH3 is 1. The Morgan fingerprint density at radius 3 is 2.67 bits per heavy atom. The van der Waals surface area contributed by atoms with Gasteiger partial charge in [0.2, 0.25) is 0 Å². The fourth-order valence-electron chi connectivity index (χ4n) is 1.93. The van der Waals surface area contributed by atoms with Crippen molar-refractivity contribution in [3.8, 4) is 11.5 Å². The first-order valence-electron chi connectivity index (χ1n) is 6.18. The number of nitrogens with zero attached hydrogens (tertiary/aromatic N) is 1. The van der Waals surface area contributed by atoms with E-state index in [0.717, 1.165) is 0 Å². The highest BCUT2D eigenvalue weighted by Crippen LogP contribution is 2.39. The Hall–Kier alpha value is -1.24. The van der Waals surface area contributed by atoms with Crippen LogP contribution in [0.3, 0.4) is 0 Å². The van der Waals surface area contributed by atoms with Crippen molar-refractivity contribution in [2.75, 3.05) is 7.11 Å². The summed E-state index contributed by atoms with van der Waals surface area (Å²) in [6.07, 6.45) is 1.57. The summed E-state index contributed by atoms with van der Waals surface area (Å²) in [5.74, 6) is 0.0307. The van der Waals surface area contributed by atoms with Crippen molar-refractivity contribution in [2.24, 2.45) is 0 Å². The minimum atomic E-state index is -0.168. The van der Waals surface area contributed by atoms with E-state index in [9.17, 15) is 9.90 Å². The van der Waals surface area contributed by atoms with Gasteiger partial charge in [0.15, 0.2) is 11.5 Å². The highest BCUT2D eigenvalue weighted by Gasteiger charge is 2.33. The van der Waals surface area contributed by atoms with Crippen molar-refractivity contribution in [2.45, 2.75) is 19.9 Å². The number of amides is 1. The zero-order valence-corrected chi connectivity index (χ0v) is 14.1. The minimum absolute atomic E-state index is 0.00843. The number of benzene rings is 1. The standard InChI is InChI=1S/C14H14ClNO3S2/c1-7(2)16-13(18)11(21-14(16)20)5-8-4-9(15)6-10(19-3)12(8)17/h4-7,17H,1-3H3. The zero-order valence-electron chi connectivity index (χ0n) is 11.7. The maximum Gasteiger partial charge on any atom is 0.266 e. The van der Waals surface area contributed by atoms with Gasteiger partial charge in [-0.1, -0.05) is 35.6 Å². The number of hydrogen-bond acceptors (Lipinski definition) is 5. The van der Waals surface area contributed by atoms with Crippen LogP contribution in [0.15, 0.2) is 17.0 Å². The summed E-state index contributed by atoms with van der Waals surface area (Å²) in [5, 5.41) is 10.5. The number of carbonyl (C=O) groups is 1. The Balaban J connectivity index is 2.44. The molecule has 1 aromatic rings. The normalized spacial score (nSPS) is 17.2. The molecule has 1 heterocycles. The van der Waals surface area contributed by atoms with Gasteiger partial charge in [0.1, 0.15) is 4.32 Å². The molecule has 0 radical (unpaired) electrons. The van der Waals surface area contributed by atoms with Crippen LogP contribution < -0.4 is 4.74 Å². The highest BCUT2D eigenvalue weighted by atomic mass is 35.5. The number of rotatable bonds is 3. The number of hydrogen-bond donors (Lipinski definition) is 1. The van der Waals surface area contributed by atoms with E-state index in [0.29, 0.717) is 19.8 Å². The van der Waals surface area contributed by atoms with Gasteiger partial charge in [0, 0.05) is 22.7 Å². The van der Waals surface area contributed by atoms with Crippen molar-refractivity contribution in [3.63, 3.8) is 0 Å². The Labute approximate surface area is 137 Å². The molecule has 0 saturated carbocycles. The van der Waals surface area contributed by atoms with Crippen molar-refractivity contribution in [3.05, 3.63) is 27.6 Å². The van der Waals surface area contributed by atoms with E-state index in [-0.39, 0.29) is 23.4 Å². The summed E-state index contributed by atoms with van der Waals surface area (Å²) >= 11 is 12.4. The van der Waals surface area contributed by atoms with Crippen LogP contribution in [0.4, 0.5) is 0 Å². The SMILES string of the molecule is COc1cc(Cl)cc(C=C2SC(=S)N(C(C)C)C2=O)c1O. The van der Waals surface area contributed by atoms with E-state index >= 15 is 0 Å². The van der Waals surface area contributed by atoms with Gasteiger partial charge in [-0.2, -0.15) is 0 Å². The van der Waals surface area contributed by atoms with E-state index in [1.54, 1.807) is 17.0 Å². The van der Waals surface area contributed by atoms with E-state index < -0.39 is 0 Å². The molecule has 7 heteroatoms. The summed E-state index contributed by atoms with van der Waals surface area (Å²) in [7, 11) is 1.44. The van der Waals surface area contributed by atoms with Crippen LogP contribution in [0.1, 0.15) is 19.4 Å². The topological polar surface area (TPSA) is 49.8 Å². The van der Waals surface area contributed by atoms with Gasteiger partial charge >= 0.3 is 0 Å². The fourth-order valence-corrected chi connectivity index (χ4v) is 3.66. The second-order valence-corrected chi connectivity index (χ2v) is 6.80. The summed E-state index contributed by atoms with van der Waals surface area (Å²) in [4.78, 5) is 14.3. The van der Waals surface area contributed by atoms with Gasteiger partial charge in [0.25, 0.3) is 5.91 Å². The second-order valence-electron chi connectivity index (χ2n) is 4.69. The Morgan fingerprint density at radius 1 is 1.48 bits per heavy atom. The lowest BCUT2D eigenvalue weighted by Crippen LogP contribution is -2.34. The number of ether oxygens (including phenoxy) is 1. The first kappa shape index (κ1) is 16.1. The van der Waals surface area contributed by atoms with Crippen molar-refractivity contribution >= 4 is 51.9 Å². The van der Waals surface area contributed by atoms with Gasteiger partial charge in [-0.05, 0) is 26.0 Å². The van der Waals surface area contributed by atoms with E-state index in [1.165, 1.54) is 24.9 Å². The summed E-state index contributed by atoms with van der Waals surface area (Å²) in [6, 6.07) is 3.07. The molecule has 1 aromatic carbocycles. The molecule has 21 heavy (non-hydrogen) atoms. The van der Waals surface area contributed by atoms with E-state index in [1.807, 2.05) is 13.8 Å². The van der Waals surface area contributed by atoms with Crippen LogP contribution in [0.5, 0.6) is 11.5 Å². The van der Waals surface area contributed by atoms with Crippen LogP contribution in [-0.2, 0) is 4.79 Å². The van der Waals surface area contributed by atoms with Crippen LogP contribution in [-0.4, -0.2) is 33.4 Å². The molecular formula is C14H14ClNO3S2. The molecule has 1 saturated heterocycles. The molecule has 1 amide bonds. The van der Waals surface area contributed by atoms with E-state index in [4.69, 9.17) is 28.6 Å². The molecule has 2 rings (SSSR count). The van der Waals surface area contributed by atoms with Crippen LogP contribution >= 0.6 is 35.6 Å². The van der Waals surface area contributed by atoms with Crippen LogP contribution in [0.25, 0.3) is 6.08 Å². The lowest BCUT2D eigenvalue weighted by atomic mass is 10.1. The fraction of sp³-hybridized carbons (Fsp3) is 0.286. The summed E-state index contributed by atoms with van der Waals surface area (Å²) < 4.78 is 5.56. The lowest BCUT2D eigenvalue weighted by Gasteiger charge is -2.18. The molecule has 0 spiro atoms. The molecule has 0 unspecified atom stereocenters. The van der Waals surface area contributed by atoms with Gasteiger partial charge in [-0.15, -0.1) is 0 Å². The first-order chi connectivity index (χ1) is 9.85. The molecule has 4 nitrogen and oxygen atoms in total. The van der Waals surface area contributed by atoms with Crippen LogP contribution in [0, 0.1) is 0 Å². The summed E-state index contributed by atoms with van der Waals surface area (Å²) in [6.45, 7) is 3.79. The second kappa shape index (κ2) is 6.25. The maximum absolute atomic E-state index is 12.3. The predicted molar refractivity (Wildman–Crippen MR) is 89.8 cm³/mol. The molecule has 1 fully saturated rings. The third kappa shape index (κ3) is 3.17. The largest absolute Gasteiger partial charge is 0.504 e. The molecule has 0 bridgehead atoms. The molecular weight excluding hydrogens is 330 g/mol. The highest BCUT2D eigenvalue weighted by molar-refractivity contribution is 8.26. The van der Waals surface area contributed by atoms with Gasteiger partial charge in [0.05, 0.1) is 12.0 Å². The van der Waals surface area contributed by atoms with Crippen molar-refractivity contribution < 1.29 is 14.6 Å². The number of aromatic hydroxyl groups is 1. The number of carbonyl (C=O) groups excluding carboxylic acids is 1. The third-order valence-electron chi connectivity index (χ3n) is 2.92. The Kier molecular flexibility index (Phi) is 4.81. The van der Waals surface area contributed by atoms with Gasteiger partial charge in [-0.3, -0.25) is 9.69 Å². The van der Waals surface area contributed by atoms with Gasteiger partial charge < -0.3 is 9.84 Å². The average molecular weight is 344 g/mol. The minimum Gasteiger partial charge on any atom is -0.504 e. The number of phenols is 1. The molecule has 0 atom stereocenters. The molecule has 0 aliphatic carbocycles. The zero-order chi connectivity index (χ0) is 15.7. The Morgan fingerprint density at radius 2 is 2.14 bits per heavy atom. The average Bonchev–Trinajstić information content (AvgIpc) is 2.68. The number of halogens is 1. The third-order valence-corrected chi connectivity index (χ3v) is 4.46. The lowest BCUT2D eigenvalue weighted by molar-refractivity contribution is -0.123. The van der Waals surface area contributed by atoms with E-state index in [2.05, 4.69) is 0 Å². The van der Waals surface area contributed by atoms with Crippen molar-refractivity contribution in [1.29, 1.82) is 0 Å². The number of thiocarbonyl (C=S) groups is 1. The predicted octanol–water partition coefficient (Wildman–Crippen LogP) is 3.66. The molecule has 112 valence electrons. The Bertz CT molecular complexity index is 643.